The number of rotatable bonds is 7. The number of carbonyl (C=O) groups excluding carboxylic acids is 1. The lowest BCUT2D eigenvalue weighted by Crippen LogP contribution is -2.38. The summed E-state index contributed by atoms with van der Waals surface area (Å²) in [4.78, 5) is 19.0. The molecule has 1 amide bonds. The molecule has 0 spiro atoms. The van der Waals surface area contributed by atoms with Crippen LogP contribution in [0.5, 0.6) is 11.5 Å². The van der Waals surface area contributed by atoms with Gasteiger partial charge in [0.25, 0.3) is 5.91 Å². The summed E-state index contributed by atoms with van der Waals surface area (Å²) >= 11 is 0. The molecule has 0 aliphatic carbocycles. The van der Waals surface area contributed by atoms with Crippen LogP contribution in [0.2, 0.25) is 0 Å². The average molecular weight is 408 g/mol. The molecule has 0 bridgehead atoms. The predicted molar refractivity (Wildman–Crippen MR) is 109 cm³/mol. The Morgan fingerprint density at radius 2 is 1.93 bits per heavy atom. The molecule has 0 fully saturated rings. The van der Waals surface area contributed by atoms with Crippen LogP contribution in [0.15, 0.2) is 59.0 Å². The van der Waals surface area contributed by atoms with E-state index in [0.29, 0.717) is 36.9 Å². The number of hydrogen-bond acceptors (Lipinski definition) is 6. The number of fused-ring (bicyclic) bond motifs is 1. The maximum Gasteiger partial charge on any atom is 0.260 e. The average Bonchev–Trinajstić information content (AvgIpc) is 3.21. The Labute approximate surface area is 175 Å². The van der Waals surface area contributed by atoms with Gasteiger partial charge < -0.3 is 23.5 Å². The lowest BCUT2D eigenvalue weighted by molar-refractivity contribution is -0.134. The van der Waals surface area contributed by atoms with Crippen LogP contribution in [0, 0.1) is 0 Å². The third-order valence-corrected chi connectivity index (χ3v) is 5.06. The molecule has 3 aromatic rings. The minimum absolute atomic E-state index is 0.0437. The first-order valence-corrected chi connectivity index (χ1v) is 9.78. The van der Waals surface area contributed by atoms with Crippen LogP contribution in [0.1, 0.15) is 29.0 Å². The van der Waals surface area contributed by atoms with Crippen LogP contribution in [-0.2, 0) is 22.5 Å². The molecule has 0 N–H and O–H groups in total. The van der Waals surface area contributed by atoms with Crippen molar-refractivity contribution in [2.24, 2.45) is 0 Å². The van der Waals surface area contributed by atoms with Gasteiger partial charge in [0.05, 0.1) is 13.7 Å². The van der Waals surface area contributed by atoms with Crippen LogP contribution >= 0.6 is 0 Å². The molecule has 2 heterocycles. The van der Waals surface area contributed by atoms with Crippen molar-refractivity contribution in [3.05, 3.63) is 77.5 Å². The zero-order valence-electron chi connectivity index (χ0n) is 17.0. The first kappa shape index (κ1) is 20.0. The number of amides is 1. The van der Waals surface area contributed by atoms with Gasteiger partial charge >= 0.3 is 0 Å². The Balaban J connectivity index is 1.41. The van der Waals surface area contributed by atoms with Crippen molar-refractivity contribution < 1.29 is 23.4 Å². The molecule has 30 heavy (non-hydrogen) atoms. The molecule has 1 atom stereocenters. The van der Waals surface area contributed by atoms with Crippen molar-refractivity contribution >= 4 is 5.91 Å². The molecule has 0 saturated heterocycles. The van der Waals surface area contributed by atoms with Gasteiger partial charge in [0.15, 0.2) is 12.7 Å². The van der Waals surface area contributed by atoms with Gasteiger partial charge in [-0.05, 0) is 17.7 Å². The molecule has 1 aliphatic rings. The third-order valence-electron chi connectivity index (χ3n) is 5.06. The van der Waals surface area contributed by atoms with Crippen LogP contribution in [-0.4, -0.2) is 43.2 Å². The highest BCUT2D eigenvalue weighted by Crippen LogP contribution is 2.29. The van der Waals surface area contributed by atoms with Crippen molar-refractivity contribution in [1.82, 2.24) is 9.88 Å². The second kappa shape index (κ2) is 9.00. The number of benzene rings is 2. The monoisotopic (exact) mass is 408 g/mol. The van der Waals surface area contributed by atoms with Crippen LogP contribution in [0.3, 0.4) is 0 Å². The van der Waals surface area contributed by atoms with Crippen molar-refractivity contribution in [2.45, 2.75) is 19.1 Å². The van der Waals surface area contributed by atoms with E-state index < -0.39 is 0 Å². The van der Waals surface area contributed by atoms with Gasteiger partial charge in [-0.15, -0.1) is 0 Å². The molecule has 7 nitrogen and oxygen atoms in total. The fourth-order valence-electron chi connectivity index (χ4n) is 3.48. The van der Waals surface area contributed by atoms with E-state index in [9.17, 15) is 4.79 Å². The number of hydrogen-bond donors (Lipinski definition) is 0. The molecule has 0 radical (unpaired) electrons. The first-order valence-electron chi connectivity index (χ1n) is 9.78. The number of methoxy groups -OCH3 is 2. The molecule has 1 unspecified atom stereocenters. The normalized spacial score (nSPS) is 14.1. The van der Waals surface area contributed by atoms with E-state index in [1.807, 2.05) is 42.5 Å². The molecule has 156 valence electrons. The topological polar surface area (TPSA) is 74.0 Å². The first-order chi connectivity index (χ1) is 14.7. The van der Waals surface area contributed by atoms with Gasteiger partial charge in [0.1, 0.15) is 23.0 Å². The summed E-state index contributed by atoms with van der Waals surface area (Å²) < 4.78 is 22.4. The highest BCUT2D eigenvalue weighted by molar-refractivity contribution is 5.78. The fourth-order valence-corrected chi connectivity index (χ4v) is 3.48. The third kappa shape index (κ3) is 4.31. The summed E-state index contributed by atoms with van der Waals surface area (Å²) in [7, 11) is 3.22. The van der Waals surface area contributed by atoms with E-state index in [2.05, 4.69) is 4.98 Å². The fraction of sp³-hybridized carbons (Fsp3) is 0.304. The van der Waals surface area contributed by atoms with Gasteiger partial charge in [-0.25, -0.2) is 4.98 Å². The summed E-state index contributed by atoms with van der Waals surface area (Å²) in [5.74, 6) is 2.49. The summed E-state index contributed by atoms with van der Waals surface area (Å²) in [6, 6.07) is 17.0. The molecule has 0 saturated carbocycles. The summed E-state index contributed by atoms with van der Waals surface area (Å²) in [5.41, 5.74) is 1.74. The molecule has 1 aromatic heterocycles. The van der Waals surface area contributed by atoms with Crippen LogP contribution in [0.25, 0.3) is 0 Å². The second-order valence-electron chi connectivity index (χ2n) is 6.98. The van der Waals surface area contributed by atoms with E-state index in [0.717, 1.165) is 17.0 Å². The zero-order valence-corrected chi connectivity index (χ0v) is 17.0. The minimum atomic E-state index is -0.377. The number of nitrogens with zero attached hydrogens (tertiary/aromatic N) is 2. The summed E-state index contributed by atoms with van der Waals surface area (Å²) in [5, 5.41) is 0. The molecular formula is C23H24N2O5. The largest absolute Gasteiger partial charge is 0.497 e. The van der Waals surface area contributed by atoms with Crippen molar-refractivity contribution in [2.75, 3.05) is 27.4 Å². The Morgan fingerprint density at radius 3 is 2.70 bits per heavy atom. The van der Waals surface area contributed by atoms with E-state index in [4.69, 9.17) is 18.6 Å². The highest BCUT2D eigenvalue weighted by atomic mass is 16.5. The molecule has 4 rings (SSSR count). The molecule has 1 aliphatic heterocycles. The van der Waals surface area contributed by atoms with E-state index in [1.54, 1.807) is 31.3 Å². The number of aromatic nitrogens is 1. The maximum atomic E-state index is 12.6. The van der Waals surface area contributed by atoms with Crippen molar-refractivity contribution in [3.63, 3.8) is 0 Å². The zero-order chi connectivity index (χ0) is 20.9. The molecule has 7 heteroatoms. The predicted octanol–water partition coefficient (Wildman–Crippen LogP) is 3.38. The van der Waals surface area contributed by atoms with Gasteiger partial charge in [-0.1, -0.05) is 36.4 Å². The minimum Gasteiger partial charge on any atom is -0.497 e. The Hall–Kier alpha value is -3.32. The van der Waals surface area contributed by atoms with E-state index in [1.165, 1.54) is 0 Å². The SMILES string of the molecule is COc1cccc(OCC(=O)N2CCc3oc(C(OC)c4ccccc4)nc3C2)c1. The molecule has 2 aromatic carbocycles. The number of ether oxygens (including phenoxy) is 3. The summed E-state index contributed by atoms with van der Waals surface area (Å²) in [6.45, 7) is 0.910. The van der Waals surface area contributed by atoms with Crippen LogP contribution < -0.4 is 9.47 Å². The maximum absolute atomic E-state index is 12.6. The Kier molecular flexibility index (Phi) is 5.99. The number of carbonyl (C=O) groups is 1. The quantitative estimate of drug-likeness (QED) is 0.597. The van der Waals surface area contributed by atoms with Gasteiger partial charge in [-0.2, -0.15) is 0 Å². The van der Waals surface area contributed by atoms with Gasteiger partial charge in [0.2, 0.25) is 5.89 Å². The second-order valence-corrected chi connectivity index (χ2v) is 6.98. The Bertz CT molecular complexity index is 1000. The highest BCUT2D eigenvalue weighted by Gasteiger charge is 2.28. The number of oxazole rings is 1. The van der Waals surface area contributed by atoms with E-state index >= 15 is 0 Å². The van der Waals surface area contributed by atoms with Gasteiger partial charge in [0, 0.05) is 26.1 Å². The summed E-state index contributed by atoms with van der Waals surface area (Å²) in [6.07, 6.45) is 0.232. The smallest absolute Gasteiger partial charge is 0.260 e. The van der Waals surface area contributed by atoms with Crippen molar-refractivity contribution in [1.29, 1.82) is 0 Å². The van der Waals surface area contributed by atoms with E-state index in [-0.39, 0.29) is 18.6 Å². The lowest BCUT2D eigenvalue weighted by atomic mass is 10.1. The van der Waals surface area contributed by atoms with Crippen molar-refractivity contribution in [3.8, 4) is 11.5 Å². The standard InChI is InChI=1S/C23H24N2O5/c1-27-17-9-6-10-18(13-17)29-15-21(26)25-12-11-20-19(14-25)24-23(30-20)22(28-2)16-7-4-3-5-8-16/h3-10,13,22H,11-12,14-15H2,1-2H3. The molecular weight excluding hydrogens is 384 g/mol. The Morgan fingerprint density at radius 1 is 1.13 bits per heavy atom. The van der Waals surface area contributed by atoms with Crippen LogP contribution in [0.4, 0.5) is 0 Å². The lowest BCUT2D eigenvalue weighted by Gasteiger charge is -2.25. The van der Waals surface area contributed by atoms with Gasteiger partial charge in [-0.3, -0.25) is 4.79 Å².